The molecule has 0 spiro atoms. The van der Waals surface area contributed by atoms with Crippen molar-refractivity contribution in [3.05, 3.63) is 34.3 Å². The Balaban J connectivity index is 1.79. The number of carbonyl (C=O) groups excluding carboxylic acids is 1. The Bertz CT molecular complexity index is 686. The highest BCUT2D eigenvalue weighted by Gasteiger charge is 2.27. The van der Waals surface area contributed by atoms with Crippen molar-refractivity contribution in [3.63, 3.8) is 0 Å². The molecule has 1 atom stereocenters. The molecule has 1 amide bonds. The van der Waals surface area contributed by atoms with Gasteiger partial charge in [-0.1, -0.05) is 28.1 Å². The van der Waals surface area contributed by atoms with Gasteiger partial charge >= 0.3 is 0 Å². The minimum absolute atomic E-state index is 0.00895. The summed E-state index contributed by atoms with van der Waals surface area (Å²) in [6, 6.07) is 7.87. The smallest absolute Gasteiger partial charge is 0.234 e. The molecule has 1 aliphatic rings. The molecule has 0 bridgehead atoms. The third-order valence-electron chi connectivity index (χ3n) is 4.71. The van der Waals surface area contributed by atoms with Gasteiger partial charge in [-0.15, -0.1) is 0 Å². The number of hydrogen-bond donors (Lipinski definition) is 1. The summed E-state index contributed by atoms with van der Waals surface area (Å²) in [5, 5.41) is 3.02. The van der Waals surface area contributed by atoms with E-state index < -0.39 is 10.0 Å². The van der Waals surface area contributed by atoms with Crippen LogP contribution in [0, 0.1) is 0 Å². The van der Waals surface area contributed by atoms with Crippen molar-refractivity contribution in [2.24, 2.45) is 0 Å². The third-order valence-corrected chi connectivity index (χ3v) is 6.58. The molecule has 1 saturated heterocycles. The monoisotopic (exact) mass is 431 g/mol. The molecule has 0 radical (unpaired) electrons. The van der Waals surface area contributed by atoms with E-state index in [9.17, 15) is 13.2 Å². The number of carbonyl (C=O) groups is 1. The van der Waals surface area contributed by atoms with Crippen molar-refractivity contribution in [2.45, 2.75) is 31.8 Å². The molecule has 140 valence electrons. The Hall–Kier alpha value is -0.960. The van der Waals surface area contributed by atoms with E-state index in [4.69, 9.17) is 0 Å². The number of amides is 1. The molecule has 1 N–H and O–H groups in total. The van der Waals surface area contributed by atoms with E-state index in [2.05, 4.69) is 26.1 Å². The van der Waals surface area contributed by atoms with Crippen LogP contribution in [0.3, 0.4) is 0 Å². The van der Waals surface area contributed by atoms with Crippen LogP contribution in [0.4, 0.5) is 0 Å². The lowest BCUT2D eigenvalue weighted by atomic mass is 10.1. The van der Waals surface area contributed by atoms with Crippen LogP contribution in [0.2, 0.25) is 0 Å². The zero-order chi connectivity index (χ0) is 18.6. The van der Waals surface area contributed by atoms with Gasteiger partial charge in [0.25, 0.3) is 0 Å². The van der Waals surface area contributed by atoms with Crippen LogP contribution in [0.5, 0.6) is 0 Å². The molecule has 6 nitrogen and oxygen atoms in total. The van der Waals surface area contributed by atoms with Gasteiger partial charge in [-0.2, -0.15) is 0 Å². The second kappa shape index (κ2) is 8.62. The Labute approximate surface area is 158 Å². The quantitative estimate of drug-likeness (QED) is 0.747. The lowest BCUT2D eigenvalue weighted by Crippen LogP contribution is -2.47. The van der Waals surface area contributed by atoms with Crippen LogP contribution in [0.25, 0.3) is 0 Å². The van der Waals surface area contributed by atoms with Gasteiger partial charge in [0.15, 0.2) is 0 Å². The average molecular weight is 432 g/mol. The molecular weight excluding hydrogens is 406 g/mol. The van der Waals surface area contributed by atoms with Crippen LogP contribution in [0.15, 0.2) is 28.7 Å². The largest absolute Gasteiger partial charge is 0.348 e. The molecule has 0 saturated carbocycles. The number of nitrogens with zero attached hydrogens (tertiary/aromatic N) is 2. The highest BCUT2D eigenvalue weighted by Crippen LogP contribution is 2.18. The predicted octanol–water partition coefficient (Wildman–Crippen LogP) is 1.98. The first-order valence-corrected chi connectivity index (χ1v) is 11.0. The van der Waals surface area contributed by atoms with E-state index in [0.29, 0.717) is 6.54 Å². The van der Waals surface area contributed by atoms with E-state index in [1.54, 1.807) is 7.05 Å². The summed E-state index contributed by atoms with van der Waals surface area (Å²) < 4.78 is 25.7. The van der Waals surface area contributed by atoms with Gasteiger partial charge in [-0.3, -0.25) is 9.69 Å². The van der Waals surface area contributed by atoms with E-state index in [1.165, 1.54) is 10.6 Å². The Morgan fingerprint density at radius 1 is 1.32 bits per heavy atom. The second-order valence-electron chi connectivity index (χ2n) is 6.63. The first kappa shape index (κ1) is 20.4. The number of likely N-dealkylation sites (tertiary alicyclic amines) is 1. The van der Waals surface area contributed by atoms with E-state index >= 15 is 0 Å². The van der Waals surface area contributed by atoms with E-state index in [1.807, 2.05) is 31.2 Å². The van der Waals surface area contributed by atoms with E-state index in [-0.39, 0.29) is 18.0 Å². The zero-order valence-corrected chi connectivity index (χ0v) is 17.3. The Morgan fingerprint density at radius 2 is 1.88 bits per heavy atom. The van der Waals surface area contributed by atoms with Gasteiger partial charge in [0.05, 0.1) is 18.8 Å². The normalized spacial score (nSPS) is 18.3. The maximum absolute atomic E-state index is 12.3. The minimum atomic E-state index is -3.16. The van der Waals surface area contributed by atoms with Gasteiger partial charge in [0, 0.05) is 30.7 Å². The molecule has 1 aliphatic heterocycles. The summed E-state index contributed by atoms with van der Waals surface area (Å²) in [7, 11) is -1.53. The molecule has 1 aromatic carbocycles. The maximum Gasteiger partial charge on any atom is 0.234 e. The lowest BCUT2D eigenvalue weighted by Gasteiger charge is -2.35. The molecule has 25 heavy (non-hydrogen) atoms. The number of sulfonamides is 1. The Morgan fingerprint density at radius 3 is 2.40 bits per heavy atom. The first-order valence-electron chi connectivity index (χ1n) is 8.37. The summed E-state index contributed by atoms with van der Waals surface area (Å²) in [6.45, 7) is 3.76. The van der Waals surface area contributed by atoms with Gasteiger partial charge in [-0.05, 0) is 37.5 Å². The van der Waals surface area contributed by atoms with Gasteiger partial charge in [-0.25, -0.2) is 12.7 Å². The highest BCUT2D eigenvalue weighted by atomic mass is 79.9. The van der Waals surface area contributed by atoms with Crippen LogP contribution in [-0.2, 0) is 14.8 Å². The van der Waals surface area contributed by atoms with Crippen molar-refractivity contribution >= 4 is 31.9 Å². The van der Waals surface area contributed by atoms with E-state index in [0.717, 1.165) is 36.0 Å². The van der Waals surface area contributed by atoms with Crippen LogP contribution >= 0.6 is 15.9 Å². The topological polar surface area (TPSA) is 69.7 Å². The summed E-state index contributed by atoms with van der Waals surface area (Å²) >= 11 is 3.40. The van der Waals surface area contributed by atoms with Gasteiger partial charge in [0.2, 0.25) is 15.9 Å². The number of piperidine rings is 1. The molecule has 8 heteroatoms. The average Bonchev–Trinajstić information content (AvgIpc) is 2.54. The summed E-state index contributed by atoms with van der Waals surface area (Å²) in [5.74, 6) is -0.00895. The van der Waals surface area contributed by atoms with Gasteiger partial charge in [0.1, 0.15) is 0 Å². The molecule has 0 aromatic heterocycles. The fourth-order valence-corrected chi connectivity index (χ4v) is 4.05. The third kappa shape index (κ3) is 6.06. The number of benzene rings is 1. The number of rotatable bonds is 6. The standard InChI is InChI=1S/C17H26BrN3O3S/c1-13(14-4-6-15(18)7-5-14)19-17(22)12-21-10-8-16(9-11-21)20(2)25(3,23)24/h4-7,13,16H,8-12H2,1-3H3,(H,19,22). The van der Waals surface area contributed by atoms with Crippen LogP contribution in [-0.4, -0.2) is 62.5 Å². The SMILES string of the molecule is CC(NC(=O)CN1CCC(N(C)S(C)(=O)=O)CC1)c1ccc(Br)cc1. The van der Waals surface area contributed by atoms with Crippen molar-refractivity contribution in [3.8, 4) is 0 Å². The number of nitrogens with one attached hydrogen (secondary N) is 1. The molecule has 1 aromatic rings. The second-order valence-corrected chi connectivity index (χ2v) is 9.58. The maximum atomic E-state index is 12.3. The zero-order valence-electron chi connectivity index (χ0n) is 14.9. The molecule has 0 aliphatic carbocycles. The van der Waals surface area contributed by atoms with Crippen molar-refractivity contribution in [1.82, 2.24) is 14.5 Å². The van der Waals surface area contributed by atoms with Crippen molar-refractivity contribution in [2.75, 3.05) is 32.9 Å². The summed E-state index contributed by atoms with van der Waals surface area (Å²) in [6.07, 6.45) is 2.73. The number of halogens is 1. The number of hydrogen-bond acceptors (Lipinski definition) is 4. The predicted molar refractivity (Wildman–Crippen MR) is 103 cm³/mol. The molecule has 2 rings (SSSR count). The molecule has 1 unspecified atom stereocenters. The fraction of sp³-hybridized carbons (Fsp3) is 0.588. The summed E-state index contributed by atoms with van der Waals surface area (Å²) in [4.78, 5) is 14.3. The lowest BCUT2D eigenvalue weighted by molar-refractivity contribution is -0.123. The fourth-order valence-electron chi connectivity index (χ4n) is 3.04. The highest BCUT2D eigenvalue weighted by molar-refractivity contribution is 9.10. The first-order chi connectivity index (χ1) is 11.7. The van der Waals surface area contributed by atoms with Crippen LogP contribution < -0.4 is 5.32 Å². The Kier molecular flexibility index (Phi) is 7.01. The molecule has 1 heterocycles. The molecular formula is C17H26BrN3O3S. The minimum Gasteiger partial charge on any atom is -0.348 e. The van der Waals surface area contributed by atoms with Crippen molar-refractivity contribution < 1.29 is 13.2 Å². The van der Waals surface area contributed by atoms with Crippen LogP contribution in [0.1, 0.15) is 31.4 Å². The summed E-state index contributed by atoms with van der Waals surface area (Å²) in [5.41, 5.74) is 1.06. The molecule has 1 fully saturated rings. The van der Waals surface area contributed by atoms with Crippen molar-refractivity contribution in [1.29, 1.82) is 0 Å². The van der Waals surface area contributed by atoms with Gasteiger partial charge < -0.3 is 5.32 Å².